The lowest BCUT2D eigenvalue weighted by molar-refractivity contribution is -0.131. The van der Waals surface area contributed by atoms with E-state index < -0.39 is 18.0 Å². The minimum Gasteiger partial charge on any atom is -0.480 e. The molecule has 1 rings (SSSR count). The van der Waals surface area contributed by atoms with Gasteiger partial charge in [0.05, 0.1) is 0 Å². The van der Waals surface area contributed by atoms with Gasteiger partial charge in [-0.3, -0.25) is 4.79 Å². The molecular weight excluding hydrogens is 234 g/mol. The van der Waals surface area contributed by atoms with Crippen molar-refractivity contribution in [2.24, 2.45) is 5.73 Å². The summed E-state index contributed by atoms with van der Waals surface area (Å²) in [6.07, 6.45) is 1.65. The molecule has 0 spiro atoms. The minimum atomic E-state index is -1.05. The van der Waals surface area contributed by atoms with Gasteiger partial charge in [0.1, 0.15) is 5.75 Å². The van der Waals surface area contributed by atoms with Gasteiger partial charge in [0.15, 0.2) is 6.10 Å². The third-order valence-electron chi connectivity index (χ3n) is 2.28. The molecule has 5 heteroatoms. The SMILES string of the molecule is Cc1ccc(OC(C)C(N)=O)c(C=CC(=O)O)c1. The van der Waals surface area contributed by atoms with Crippen LogP contribution in [0.4, 0.5) is 0 Å². The van der Waals surface area contributed by atoms with E-state index in [1.54, 1.807) is 18.2 Å². The van der Waals surface area contributed by atoms with Crippen molar-refractivity contribution < 1.29 is 19.4 Å². The van der Waals surface area contributed by atoms with Crippen molar-refractivity contribution >= 4 is 18.0 Å². The zero-order valence-corrected chi connectivity index (χ0v) is 10.2. The highest BCUT2D eigenvalue weighted by molar-refractivity contribution is 5.86. The second kappa shape index (κ2) is 5.86. The van der Waals surface area contributed by atoms with Crippen molar-refractivity contribution in [3.8, 4) is 5.75 Å². The van der Waals surface area contributed by atoms with E-state index in [-0.39, 0.29) is 0 Å². The third-order valence-corrected chi connectivity index (χ3v) is 2.28. The van der Waals surface area contributed by atoms with Gasteiger partial charge in [0.25, 0.3) is 5.91 Å². The summed E-state index contributed by atoms with van der Waals surface area (Å²) in [6.45, 7) is 3.41. The number of carbonyl (C=O) groups excluding carboxylic acids is 1. The molecular formula is C13H15NO4. The van der Waals surface area contributed by atoms with Gasteiger partial charge in [-0.25, -0.2) is 4.79 Å². The number of aliphatic carboxylic acids is 1. The van der Waals surface area contributed by atoms with E-state index in [0.717, 1.165) is 11.6 Å². The molecule has 0 aromatic heterocycles. The lowest BCUT2D eigenvalue weighted by Gasteiger charge is -2.14. The van der Waals surface area contributed by atoms with Crippen LogP contribution in [0.3, 0.4) is 0 Å². The van der Waals surface area contributed by atoms with Crippen LogP contribution in [-0.2, 0) is 9.59 Å². The van der Waals surface area contributed by atoms with E-state index in [1.807, 2.05) is 6.92 Å². The Kier molecular flexibility index (Phi) is 4.48. The van der Waals surface area contributed by atoms with E-state index in [9.17, 15) is 9.59 Å². The highest BCUT2D eigenvalue weighted by Gasteiger charge is 2.12. The number of carboxylic acids is 1. The number of amides is 1. The summed E-state index contributed by atoms with van der Waals surface area (Å²) in [7, 11) is 0. The number of benzene rings is 1. The van der Waals surface area contributed by atoms with Crippen LogP contribution < -0.4 is 10.5 Å². The molecule has 1 unspecified atom stereocenters. The fraction of sp³-hybridized carbons (Fsp3) is 0.231. The van der Waals surface area contributed by atoms with E-state index in [2.05, 4.69) is 0 Å². The second-order valence-corrected chi connectivity index (χ2v) is 3.88. The van der Waals surface area contributed by atoms with Gasteiger partial charge in [-0.2, -0.15) is 0 Å². The number of carboxylic acid groups (broad SMARTS) is 1. The maximum absolute atomic E-state index is 10.9. The number of ether oxygens (including phenoxy) is 1. The van der Waals surface area contributed by atoms with Crippen molar-refractivity contribution in [1.29, 1.82) is 0 Å². The fourth-order valence-corrected chi connectivity index (χ4v) is 1.32. The molecule has 5 nitrogen and oxygen atoms in total. The van der Waals surface area contributed by atoms with Crippen LogP contribution in [0, 0.1) is 6.92 Å². The quantitative estimate of drug-likeness (QED) is 0.771. The molecule has 18 heavy (non-hydrogen) atoms. The number of rotatable bonds is 5. The zero-order valence-electron chi connectivity index (χ0n) is 10.2. The maximum atomic E-state index is 10.9. The van der Waals surface area contributed by atoms with Crippen molar-refractivity contribution in [2.75, 3.05) is 0 Å². The molecule has 1 atom stereocenters. The molecule has 0 radical (unpaired) electrons. The van der Waals surface area contributed by atoms with Crippen LogP contribution in [0.2, 0.25) is 0 Å². The van der Waals surface area contributed by atoms with Gasteiger partial charge in [0, 0.05) is 11.6 Å². The summed E-state index contributed by atoms with van der Waals surface area (Å²) in [5.41, 5.74) is 6.66. The first-order valence-corrected chi connectivity index (χ1v) is 5.38. The molecule has 96 valence electrons. The summed E-state index contributed by atoms with van der Waals surface area (Å²) >= 11 is 0. The maximum Gasteiger partial charge on any atom is 0.328 e. The lowest BCUT2D eigenvalue weighted by Crippen LogP contribution is -2.30. The summed E-state index contributed by atoms with van der Waals surface area (Å²) < 4.78 is 5.38. The highest BCUT2D eigenvalue weighted by atomic mass is 16.5. The van der Waals surface area contributed by atoms with Gasteiger partial charge < -0.3 is 15.6 Å². The molecule has 0 heterocycles. The minimum absolute atomic E-state index is 0.421. The Morgan fingerprint density at radius 3 is 2.67 bits per heavy atom. The van der Waals surface area contributed by atoms with E-state index in [0.29, 0.717) is 11.3 Å². The molecule has 3 N–H and O–H groups in total. The standard InChI is InChI=1S/C13H15NO4/c1-8-3-5-11(18-9(2)13(14)17)10(7-8)4-6-12(15)16/h3-7,9H,1-2H3,(H2,14,17)(H,15,16). The predicted molar refractivity (Wildman–Crippen MR) is 67.1 cm³/mol. The van der Waals surface area contributed by atoms with Crippen LogP contribution in [0.25, 0.3) is 6.08 Å². The predicted octanol–water partition coefficient (Wildman–Crippen LogP) is 1.35. The van der Waals surface area contributed by atoms with Crippen LogP contribution in [0.5, 0.6) is 5.75 Å². The van der Waals surface area contributed by atoms with Gasteiger partial charge in [0.2, 0.25) is 0 Å². The molecule has 0 bridgehead atoms. The number of carbonyl (C=O) groups is 2. The number of nitrogens with two attached hydrogens (primary N) is 1. The molecule has 0 fully saturated rings. The van der Waals surface area contributed by atoms with E-state index >= 15 is 0 Å². The highest BCUT2D eigenvalue weighted by Crippen LogP contribution is 2.22. The van der Waals surface area contributed by atoms with Gasteiger partial charge in [-0.1, -0.05) is 11.6 Å². The van der Waals surface area contributed by atoms with E-state index in [1.165, 1.54) is 13.0 Å². The first kappa shape index (κ1) is 13.8. The Morgan fingerprint density at radius 2 is 2.11 bits per heavy atom. The fourth-order valence-electron chi connectivity index (χ4n) is 1.32. The first-order chi connectivity index (χ1) is 8.40. The molecule has 0 aliphatic heterocycles. The Bertz CT molecular complexity index is 494. The van der Waals surface area contributed by atoms with Crippen molar-refractivity contribution in [2.45, 2.75) is 20.0 Å². The van der Waals surface area contributed by atoms with Crippen LogP contribution in [0.1, 0.15) is 18.1 Å². The summed E-state index contributed by atoms with van der Waals surface area (Å²) in [4.78, 5) is 21.4. The average molecular weight is 249 g/mol. The normalized spacial score (nSPS) is 12.3. The average Bonchev–Trinajstić information content (AvgIpc) is 2.29. The molecule has 1 aromatic carbocycles. The van der Waals surface area contributed by atoms with Crippen molar-refractivity contribution in [3.63, 3.8) is 0 Å². The summed E-state index contributed by atoms with van der Waals surface area (Å²) in [6, 6.07) is 5.25. The number of aryl methyl sites for hydroxylation is 1. The molecule has 0 aliphatic rings. The zero-order chi connectivity index (χ0) is 13.7. The van der Waals surface area contributed by atoms with Crippen LogP contribution in [0.15, 0.2) is 24.3 Å². The summed E-state index contributed by atoms with van der Waals surface area (Å²) in [5, 5.41) is 8.60. The Morgan fingerprint density at radius 1 is 1.44 bits per heavy atom. The Hall–Kier alpha value is -2.30. The van der Waals surface area contributed by atoms with Crippen LogP contribution in [-0.4, -0.2) is 23.1 Å². The number of hydrogen-bond donors (Lipinski definition) is 2. The van der Waals surface area contributed by atoms with Crippen molar-refractivity contribution in [1.82, 2.24) is 0 Å². The number of primary amides is 1. The first-order valence-electron chi connectivity index (χ1n) is 5.38. The topological polar surface area (TPSA) is 89.6 Å². The lowest BCUT2D eigenvalue weighted by atomic mass is 10.1. The second-order valence-electron chi connectivity index (χ2n) is 3.88. The Labute approximate surface area is 105 Å². The van der Waals surface area contributed by atoms with Gasteiger partial charge >= 0.3 is 5.97 Å². The molecule has 1 amide bonds. The smallest absolute Gasteiger partial charge is 0.328 e. The van der Waals surface area contributed by atoms with Crippen LogP contribution >= 0.6 is 0 Å². The summed E-state index contributed by atoms with van der Waals surface area (Å²) in [5.74, 6) is -1.21. The number of hydrogen-bond acceptors (Lipinski definition) is 3. The molecule has 0 saturated carbocycles. The molecule has 1 aromatic rings. The van der Waals surface area contributed by atoms with Gasteiger partial charge in [-0.05, 0) is 32.1 Å². The van der Waals surface area contributed by atoms with E-state index in [4.69, 9.17) is 15.6 Å². The Balaban J connectivity index is 3.03. The van der Waals surface area contributed by atoms with Crippen molar-refractivity contribution in [3.05, 3.63) is 35.4 Å². The molecule has 0 saturated heterocycles. The van der Waals surface area contributed by atoms with Gasteiger partial charge in [-0.15, -0.1) is 0 Å². The third kappa shape index (κ3) is 3.93. The molecule has 0 aliphatic carbocycles. The largest absolute Gasteiger partial charge is 0.480 e. The monoisotopic (exact) mass is 249 g/mol.